The minimum atomic E-state index is -1.21. The first-order valence-electron chi connectivity index (χ1n) is 4.86. The Labute approximate surface area is 103 Å². The predicted octanol–water partition coefficient (Wildman–Crippen LogP) is 0.802. The molecule has 0 aliphatic heterocycles. The Hall–Kier alpha value is -1.66. The first-order valence-corrected chi connectivity index (χ1v) is 5.74. The summed E-state index contributed by atoms with van der Waals surface area (Å²) in [5.74, 6) is -1.82. The standard InChI is InChI=1S/C11H13NO4S/c1-7(5-8-3-2-4-17-8)11(15)16-6-9(12)10(13)14/h2-4,9H,1,5-6,12H2,(H,13,14)/t9-/m0/s1. The zero-order valence-electron chi connectivity index (χ0n) is 9.09. The molecule has 6 heteroatoms. The van der Waals surface area contributed by atoms with Crippen molar-refractivity contribution in [2.45, 2.75) is 12.5 Å². The van der Waals surface area contributed by atoms with E-state index in [1.54, 1.807) is 0 Å². The van der Waals surface area contributed by atoms with Crippen LogP contribution < -0.4 is 5.73 Å². The monoisotopic (exact) mass is 255 g/mol. The van der Waals surface area contributed by atoms with Crippen LogP contribution in [0.5, 0.6) is 0 Å². The first-order chi connectivity index (χ1) is 8.00. The van der Waals surface area contributed by atoms with Gasteiger partial charge in [0, 0.05) is 16.9 Å². The largest absolute Gasteiger partial charge is 0.480 e. The van der Waals surface area contributed by atoms with Gasteiger partial charge in [-0.15, -0.1) is 11.3 Å². The molecule has 92 valence electrons. The molecule has 1 atom stereocenters. The van der Waals surface area contributed by atoms with E-state index in [9.17, 15) is 9.59 Å². The van der Waals surface area contributed by atoms with E-state index < -0.39 is 18.0 Å². The highest BCUT2D eigenvalue weighted by atomic mass is 32.1. The maximum atomic E-state index is 11.4. The molecule has 5 nitrogen and oxygen atoms in total. The molecule has 0 aliphatic carbocycles. The number of hydrogen-bond donors (Lipinski definition) is 2. The molecule has 0 spiro atoms. The SMILES string of the molecule is C=C(Cc1cccs1)C(=O)OC[C@H](N)C(=O)O. The van der Waals surface area contributed by atoms with E-state index in [-0.39, 0.29) is 12.2 Å². The fourth-order valence-electron chi connectivity index (χ4n) is 1.03. The zero-order valence-corrected chi connectivity index (χ0v) is 9.90. The molecule has 17 heavy (non-hydrogen) atoms. The Bertz CT molecular complexity index is 413. The molecule has 1 aromatic heterocycles. The normalized spacial score (nSPS) is 11.8. The Morgan fingerprint density at radius 2 is 2.29 bits per heavy atom. The summed E-state index contributed by atoms with van der Waals surface area (Å²) in [6, 6.07) is 2.55. The number of thiophene rings is 1. The fraction of sp³-hybridized carbons (Fsp3) is 0.273. The van der Waals surface area contributed by atoms with Gasteiger partial charge in [0.15, 0.2) is 0 Å². The molecule has 1 heterocycles. The van der Waals surface area contributed by atoms with Gasteiger partial charge in [0.1, 0.15) is 12.6 Å². The summed E-state index contributed by atoms with van der Waals surface area (Å²) in [7, 11) is 0. The van der Waals surface area contributed by atoms with Crippen LogP contribution >= 0.6 is 11.3 Å². The molecule has 1 rings (SSSR count). The third kappa shape index (κ3) is 4.38. The van der Waals surface area contributed by atoms with Crippen LogP contribution in [-0.2, 0) is 20.7 Å². The predicted molar refractivity (Wildman–Crippen MR) is 63.7 cm³/mol. The minimum Gasteiger partial charge on any atom is -0.480 e. The lowest BCUT2D eigenvalue weighted by Crippen LogP contribution is -2.36. The number of carbonyl (C=O) groups excluding carboxylic acids is 1. The molecule has 0 aromatic carbocycles. The number of hydrogen-bond acceptors (Lipinski definition) is 5. The molecular formula is C11H13NO4S. The van der Waals surface area contributed by atoms with Crippen LogP contribution in [0, 0.1) is 0 Å². The Morgan fingerprint density at radius 3 is 2.82 bits per heavy atom. The summed E-state index contributed by atoms with van der Waals surface area (Å²) in [4.78, 5) is 22.8. The zero-order chi connectivity index (χ0) is 12.8. The van der Waals surface area contributed by atoms with Crippen molar-refractivity contribution >= 4 is 23.3 Å². The van der Waals surface area contributed by atoms with Gasteiger partial charge in [-0.05, 0) is 11.4 Å². The highest BCUT2D eigenvalue weighted by Gasteiger charge is 2.16. The molecule has 0 amide bonds. The number of nitrogens with two attached hydrogens (primary N) is 1. The van der Waals surface area contributed by atoms with Gasteiger partial charge in [0.05, 0.1) is 0 Å². The molecular weight excluding hydrogens is 242 g/mol. The van der Waals surface area contributed by atoms with Crippen LogP contribution in [-0.4, -0.2) is 29.7 Å². The number of aliphatic carboxylic acids is 1. The number of rotatable bonds is 6. The smallest absolute Gasteiger partial charge is 0.333 e. The minimum absolute atomic E-state index is 0.282. The van der Waals surface area contributed by atoms with Crippen LogP contribution in [0.4, 0.5) is 0 Å². The Balaban J connectivity index is 2.37. The summed E-state index contributed by atoms with van der Waals surface area (Å²) in [6.45, 7) is 3.25. The number of ether oxygens (including phenoxy) is 1. The van der Waals surface area contributed by atoms with Crippen LogP contribution in [0.3, 0.4) is 0 Å². The van der Waals surface area contributed by atoms with Gasteiger partial charge in [0.25, 0.3) is 0 Å². The van der Waals surface area contributed by atoms with Crippen molar-refractivity contribution in [3.8, 4) is 0 Å². The first kappa shape index (κ1) is 13.4. The average Bonchev–Trinajstić information content (AvgIpc) is 2.77. The quantitative estimate of drug-likeness (QED) is 0.579. The van der Waals surface area contributed by atoms with Crippen LogP contribution in [0.15, 0.2) is 29.7 Å². The highest BCUT2D eigenvalue weighted by Crippen LogP contribution is 2.13. The second-order valence-electron chi connectivity index (χ2n) is 3.40. The van der Waals surface area contributed by atoms with Gasteiger partial charge < -0.3 is 15.6 Å². The lowest BCUT2D eigenvalue weighted by Gasteiger charge is -2.08. The summed E-state index contributed by atoms with van der Waals surface area (Å²) < 4.78 is 4.74. The summed E-state index contributed by atoms with van der Waals surface area (Å²) in [6.07, 6.45) is 0.402. The fourth-order valence-corrected chi connectivity index (χ4v) is 1.78. The Kier molecular flexibility index (Phi) is 4.86. The lowest BCUT2D eigenvalue weighted by atomic mass is 10.2. The van der Waals surface area contributed by atoms with Gasteiger partial charge in [-0.25, -0.2) is 4.79 Å². The van der Waals surface area contributed by atoms with Crippen LogP contribution in [0.2, 0.25) is 0 Å². The van der Waals surface area contributed by atoms with Crippen molar-refractivity contribution < 1.29 is 19.4 Å². The van der Waals surface area contributed by atoms with E-state index in [0.29, 0.717) is 6.42 Å². The highest BCUT2D eigenvalue weighted by molar-refractivity contribution is 7.09. The van der Waals surface area contributed by atoms with E-state index in [0.717, 1.165) is 4.88 Å². The molecule has 0 fully saturated rings. The molecule has 1 aromatic rings. The summed E-state index contributed by atoms with van der Waals surface area (Å²) >= 11 is 1.51. The van der Waals surface area contributed by atoms with Gasteiger partial charge in [-0.1, -0.05) is 12.6 Å². The third-order valence-corrected chi connectivity index (χ3v) is 2.84. The van der Waals surface area contributed by atoms with Crippen molar-refractivity contribution in [1.82, 2.24) is 0 Å². The molecule has 3 N–H and O–H groups in total. The lowest BCUT2D eigenvalue weighted by molar-refractivity contribution is -0.145. The van der Waals surface area contributed by atoms with E-state index in [1.165, 1.54) is 11.3 Å². The van der Waals surface area contributed by atoms with Crippen LogP contribution in [0.1, 0.15) is 4.88 Å². The number of esters is 1. The number of carboxylic acid groups (broad SMARTS) is 1. The van der Waals surface area contributed by atoms with Gasteiger partial charge in [-0.2, -0.15) is 0 Å². The molecule has 0 radical (unpaired) electrons. The molecule has 0 bridgehead atoms. The second-order valence-corrected chi connectivity index (χ2v) is 4.44. The van der Waals surface area contributed by atoms with E-state index in [2.05, 4.69) is 6.58 Å². The van der Waals surface area contributed by atoms with Gasteiger partial charge >= 0.3 is 11.9 Å². The molecule has 0 saturated carbocycles. The van der Waals surface area contributed by atoms with Crippen molar-refractivity contribution in [2.24, 2.45) is 5.73 Å². The van der Waals surface area contributed by atoms with E-state index >= 15 is 0 Å². The van der Waals surface area contributed by atoms with Crippen LogP contribution in [0.25, 0.3) is 0 Å². The topological polar surface area (TPSA) is 89.6 Å². The van der Waals surface area contributed by atoms with Crippen molar-refractivity contribution in [3.05, 3.63) is 34.5 Å². The van der Waals surface area contributed by atoms with E-state index in [4.69, 9.17) is 15.6 Å². The van der Waals surface area contributed by atoms with Crippen molar-refractivity contribution in [1.29, 1.82) is 0 Å². The van der Waals surface area contributed by atoms with Crippen molar-refractivity contribution in [3.63, 3.8) is 0 Å². The summed E-state index contributed by atoms with van der Waals surface area (Å²) in [5, 5.41) is 10.4. The third-order valence-electron chi connectivity index (χ3n) is 1.97. The molecule has 0 saturated heterocycles. The van der Waals surface area contributed by atoms with Gasteiger partial charge in [-0.3, -0.25) is 4.79 Å². The van der Waals surface area contributed by atoms with Crippen molar-refractivity contribution in [2.75, 3.05) is 6.61 Å². The Morgan fingerprint density at radius 1 is 1.59 bits per heavy atom. The summed E-state index contributed by atoms with van der Waals surface area (Å²) in [5.41, 5.74) is 5.48. The molecule has 0 unspecified atom stereocenters. The number of carbonyl (C=O) groups is 2. The maximum absolute atomic E-state index is 11.4. The maximum Gasteiger partial charge on any atom is 0.333 e. The average molecular weight is 255 g/mol. The number of carboxylic acids is 1. The second kappa shape index (κ2) is 6.17. The molecule has 0 aliphatic rings. The van der Waals surface area contributed by atoms with Gasteiger partial charge in [0.2, 0.25) is 0 Å². The van der Waals surface area contributed by atoms with E-state index in [1.807, 2.05) is 17.5 Å².